The van der Waals surface area contributed by atoms with Gasteiger partial charge in [0, 0.05) is 124 Å². The molecule has 0 radical (unpaired) electrons. The van der Waals surface area contributed by atoms with Gasteiger partial charge >= 0.3 is 6.09 Å². The number of nitrogens with one attached hydrogen (secondary N) is 5. The van der Waals surface area contributed by atoms with Gasteiger partial charge in [-0.25, -0.2) is 4.79 Å². The van der Waals surface area contributed by atoms with Crippen molar-refractivity contribution in [1.82, 2.24) is 54.7 Å². The molecule has 0 aliphatic rings. The Morgan fingerprint density at radius 2 is 0.700 bits per heavy atom. The molecule has 25 nitrogen and oxygen atoms in total. The Morgan fingerprint density at radius 3 is 1.03 bits per heavy atom. The minimum atomic E-state index is -0.726. The lowest BCUT2D eigenvalue weighted by atomic mass is 10.1. The smallest absolute Gasteiger partial charge is 0.407 e. The second-order valence-corrected chi connectivity index (χ2v) is 25.0. The van der Waals surface area contributed by atoms with Gasteiger partial charge in [-0.1, -0.05) is 121 Å². The molecule has 1 unspecified atom stereocenters. The quantitative estimate of drug-likeness (QED) is 0.0263. The summed E-state index contributed by atoms with van der Waals surface area (Å²) in [6.07, 6.45) is 6.66. The molecule has 8 rings (SSSR count). The Morgan fingerprint density at radius 1 is 0.390 bits per heavy atom. The number of hydrogen-bond acceptors (Lipinski definition) is 16. The van der Waals surface area contributed by atoms with Gasteiger partial charge in [-0.2, -0.15) is 0 Å². The third kappa shape index (κ3) is 22.5. The number of alkyl carbamates (subject to hydrolysis) is 1. The van der Waals surface area contributed by atoms with E-state index in [9.17, 15) is 43.2 Å². The van der Waals surface area contributed by atoms with Crippen molar-refractivity contribution >= 4 is 29.7 Å². The molecule has 100 heavy (non-hydrogen) atoms. The molecule has 4 aromatic carbocycles. The van der Waals surface area contributed by atoms with Crippen molar-refractivity contribution in [2.75, 3.05) is 65.4 Å². The lowest BCUT2D eigenvalue weighted by Crippen LogP contribution is -2.49. The molecule has 25 heteroatoms. The highest BCUT2D eigenvalue weighted by molar-refractivity contribution is 5.98. The summed E-state index contributed by atoms with van der Waals surface area (Å²) in [4.78, 5) is 129. The average molecular weight is 1370 g/mol. The molecule has 0 saturated carbocycles. The summed E-state index contributed by atoms with van der Waals surface area (Å²) in [5.41, 5.74) is 0.395. The Hall–Kier alpha value is -11.1. The van der Waals surface area contributed by atoms with E-state index in [2.05, 4.69) is 26.6 Å². The van der Waals surface area contributed by atoms with Crippen LogP contribution in [0.15, 0.2) is 190 Å². The largest absolute Gasteiger partial charge is 0.482 e. The van der Waals surface area contributed by atoms with Crippen LogP contribution in [0, 0.1) is 0 Å². The molecule has 4 aromatic heterocycles. The van der Waals surface area contributed by atoms with Crippen LogP contribution >= 0.6 is 0 Å². The number of ether oxygens (including phenoxy) is 5. The Bertz CT molecular complexity index is 4170. The topological polar surface area (TPSA) is 286 Å². The van der Waals surface area contributed by atoms with E-state index in [-0.39, 0.29) is 137 Å². The van der Waals surface area contributed by atoms with Crippen LogP contribution < -0.4 is 67.8 Å². The molecule has 1 atom stereocenters. The first-order chi connectivity index (χ1) is 48.1. The highest BCUT2D eigenvalue weighted by atomic mass is 16.6. The van der Waals surface area contributed by atoms with E-state index in [4.69, 9.17) is 23.7 Å². The van der Waals surface area contributed by atoms with E-state index < -0.39 is 63.6 Å². The molecule has 0 bridgehead atoms. The second-order valence-electron chi connectivity index (χ2n) is 25.0. The van der Waals surface area contributed by atoms with Crippen LogP contribution in [-0.2, 0) is 59.4 Å². The lowest BCUT2D eigenvalue weighted by molar-refractivity contribution is 0.0526. The van der Waals surface area contributed by atoms with E-state index >= 15 is 0 Å². The Balaban J connectivity index is 1.08. The number of unbranched alkanes of at least 4 members (excludes halogenated alkanes) is 1. The monoisotopic (exact) mass is 1370 g/mol. The summed E-state index contributed by atoms with van der Waals surface area (Å²) < 4.78 is 35.0. The van der Waals surface area contributed by atoms with E-state index in [0.29, 0.717) is 19.3 Å². The molecule has 0 fully saturated rings. The van der Waals surface area contributed by atoms with Crippen molar-refractivity contribution in [2.24, 2.45) is 28.2 Å². The van der Waals surface area contributed by atoms with E-state index in [1.807, 2.05) is 131 Å². The summed E-state index contributed by atoms with van der Waals surface area (Å²) in [6, 6.07) is 42.2. The number of nitrogens with zero attached hydrogens (tertiary/aromatic N) is 6. The van der Waals surface area contributed by atoms with Crippen molar-refractivity contribution in [3.63, 3.8) is 0 Å². The van der Waals surface area contributed by atoms with Gasteiger partial charge in [0.05, 0.1) is 22.3 Å². The van der Waals surface area contributed by atoms with Gasteiger partial charge in [-0.05, 0) is 86.6 Å². The third-order valence-corrected chi connectivity index (χ3v) is 16.1. The fraction of sp³-hybridized carbons (Fsp3) is 0.347. The zero-order valence-corrected chi connectivity index (χ0v) is 57.7. The molecular formula is C75H89N11O14. The normalized spacial score (nSPS) is 11.5. The highest BCUT2D eigenvalue weighted by Gasteiger charge is 2.26. The first-order valence-electron chi connectivity index (χ1n) is 33.1. The van der Waals surface area contributed by atoms with Crippen molar-refractivity contribution < 1.29 is 47.7 Å². The van der Waals surface area contributed by atoms with Crippen LogP contribution in [0.2, 0.25) is 0 Å². The minimum Gasteiger partial charge on any atom is -0.482 e. The van der Waals surface area contributed by atoms with Gasteiger partial charge in [0.25, 0.3) is 45.9 Å². The fourth-order valence-corrected chi connectivity index (χ4v) is 10.6. The maximum atomic E-state index is 14.8. The predicted octanol–water partition coefficient (Wildman–Crippen LogP) is 6.48. The number of pyridine rings is 4. The number of carbonyl (C=O) groups is 5. The number of carbonyl (C=O) groups excluding carboxylic acids is 5. The maximum Gasteiger partial charge on any atom is 0.407 e. The molecule has 5 amide bonds. The molecule has 0 saturated heterocycles. The molecule has 5 N–H and O–H groups in total. The van der Waals surface area contributed by atoms with Crippen LogP contribution in [0.3, 0.4) is 0 Å². The first-order valence-corrected chi connectivity index (χ1v) is 33.1. The first kappa shape index (κ1) is 74.7. The van der Waals surface area contributed by atoms with Gasteiger partial charge in [-0.15, -0.1) is 0 Å². The summed E-state index contributed by atoms with van der Waals surface area (Å²) >= 11 is 0. The minimum absolute atomic E-state index is 0.000451. The second kappa shape index (κ2) is 37.1. The molecule has 0 aliphatic carbocycles. The van der Waals surface area contributed by atoms with Gasteiger partial charge in [0.15, 0.2) is 23.0 Å². The number of hydrogen-bond donors (Lipinski definition) is 5. The number of benzene rings is 4. The van der Waals surface area contributed by atoms with Gasteiger partial charge in [-0.3, -0.25) is 48.2 Å². The molecule has 0 aliphatic heterocycles. The molecular weight excluding hydrogens is 1280 g/mol. The van der Waals surface area contributed by atoms with Crippen LogP contribution in [0.4, 0.5) is 4.79 Å². The van der Waals surface area contributed by atoms with Crippen LogP contribution in [0.25, 0.3) is 0 Å². The predicted molar refractivity (Wildman–Crippen MR) is 379 cm³/mol. The summed E-state index contributed by atoms with van der Waals surface area (Å²) in [7, 11) is 6.23. The molecule has 0 spiro atoms. The van der Waals surface area contributed by atoms with Crippen molar-refractivity contribution in [3.8, 4) is 23.0 Å². The average Bonchev–Trinajstić information content (AvgIpc) is 0.838. The maximum absolute atomic E-state index is 14.8. The van der Waals surface area contributed by atoms with Crippen LogP contribution in [0.5, 0.6) is 23.0 Å². The molecule has 4 heterocycles. The van der Waals surface area contributed by atoms with Gasteiger partial charge < -0.3 is 68.5 Å². The van der Waals surface area contributed by atoms with E-state index in [1.54, 1.807) is 49.0 Å². The van der Waals surface area contributed by atoms with Crippen LogP contribution in [0.1, 0.15) is 104 Å². The number of rotatable bonds is 36. The highest BCUT2D eigenvalue weighted by Crippen LogP contribution is 2.21. The molecule has 528 valence electrons. The number of aryl methyl sites for hydroxylation is 4. The number of aromatic nitrogens is 4. The van der Waals surface area contributed by atoms with Crippen molar-refractivity contribution in [1.29, 1.82) is 0 Å². The van der Waals surface area contributed by atoms with Gasteiger partial charge in [0.1, 0.15) is 32.0 Å². The SMILES string of the molecule is Cn1ccc(C(=O)NCCN(CCNC(=O)c2ccn(C)c(=O)c2OCc2ccccc2)CCN(CCNC(=O)c2ccn(C)c(=O)c2OCc2ccccc2)CC(CCCCNC(=O)OC(C)(C)C)NC(=O)c2ccn(C)c(=O)c2OCc2ccccc2)c(OCc2ccccc2)c1=O. The summed E-state index contributed by atoms with van der Waals surface area (Å²) in [5, 5.41) is 14.9. The Kier molecular flexibility index (Phi) is 27.7. The standard InChI is InChI=1S/C75H89N11O14/c1-75(2,3)100-74(95)79-35-21-20-30-57(80-69(90)61-34-42-84(7)73(94)65(61)99-52-56-28-18-11-19-29-56)48-86(45-38-78-68(89)60-33-41-83(6)72(93)64(60)98-51-55-26-16-10-17-27-55)47-46-85(43-36-76-66(87)58-31-39-81(4)70(91)62(58)96-49-53-22-12-8-13-23-53)44-37-77-67(88)59-32-40-82(5)71(92)63(59)97-50-54-24-14-9-15-25-54/h8-19,22-29,31-34,39-42,57H,20-21,30,35-38,43-52H2,1-7H3,(H,76,87)(H,77,88)(H,78,89)(H,79,95)(H,80,90). The summed E-state index contributed by atoms with van der Waals surface area (Å²) in [6.45, 7) is 6.87. The van der Waals surface area contributed by atoms with Crippen molar-refractivity contribution in [2.45, 2.75) is 78.1 Å². The van der Waals surface area contributed by atoms with E-state index in [0.717, 1.165) is 22.3 Å². The summed E-state index contributed by atoms with van der Waals surface area (Å²) in [5.74, 6) is -2.88. The van der Waals surface area contributed by atoms with Crippen molar-refractivity contribution in [3.05, 3.63) is 256 Å². The van der Waals surface area contributed by atoms with E-state index in [1.165, 1.54) is 67.3 Å². The fourth-order valence-electron chi connectivity index (χ4n) is 10.6. The lowest BCUT2D eigenvalue weighted by Gasteiger charge is -2.31. The third-order valence-electron chi connectivity index (χ3n) is 16.1. The zero-order valence-electron chi connectivity index (χ0n) is 57.7. The van der Waals surface area contributed by atoms with Crippen LogP contribution in [-0.4, -0.2) is 135 Å². The zero-order chi connectivity index (χ0) is 71.6. The molecule has 8 aromatic rings. The Labute approximate surface area is 580 Å². The van der Waals surface area contributed by atoms with Gasteiger partial charge in [0.2, 0.25) is 0 Å². The number of amides is 5.